The number of anilines is 1. The molecule has 0 spiro atoms. The fourth-order valence-electron chi connectivity index (χ4n) is 3.74. The normalized spacial score (nSPS) is 19.1. The molecule has 1 amide bonds. The summed E-state index contributed by atoms with van der Waals surface area (Å²) >= 11 is 1.53. The van der Waals surface area contributed by atoms with Gasteiger partial charge in [-0.15, -0.1) is 11.3 Å². The van der Waals surface area contributed by atoms with Crippen molar-refractivity contribution in [2.75, 3.05) is 4.90 Å². The topological polar surface area (TPSA) is 85.5 Å². The summed E-state index contributed by atoms with van der Waals surface area (Å²) in [6.45, 7) is 5.85. The zero-order valence-corrected chi connectivity index (χ0v) is 18.6. The highest BCUT2D eigenvalue weighted by atomic mass is 32.1. The molecule has 2 unspecified atom stereocenters. The average molecular weight is 440 g/mol. The van der Waals surface area contributed by atoms with E-state index in [0.717, 1.165) is 16.1 Å². The number of carbonyl (C=O) groups excluding carboxylic acids is 2. The number of ether oxygens (including phenoxy) is 1. The van der Waals surface area contributed by atoms with Gasteiger partial charge in [0, 0.05) is 22.9 Å². The smallest absolute Gasteiger partial charge is 0.311 e. The standard InChI is InChI=1S/C23H25N3O4S/c1-14(2)22-24-19(30-25-22)13-29-23(28)17-10-11-20(27)26(16-8-6-15(3)7-9-16)21(17)18-5-4-12-31-18/h4-9,12,14,17,21H,10-11,13H2,1-3H3. The van der Waals surface area contributed by atoms with Gasteiger partial charge in [-0.25, -0.2) is 0 Å². The number of piperidine rings is 1. The van der Waals surface area contributed by atoms with Crippen LogP contribution in [-0.2, 0) is 20.9 Å². The predicted octanol–water partition coefficient (Wildman–Crippen LogP) is 4.79. The first-order valence-corrected chi connectivity index (χ1v) is 11.2. The summed E-state index contributed by atoms with van der Waals surface area (Å²) in [5.41, 5.74) is 1.89. The van der Waals surface area contributed by atoms with Gasteiger partial charge >= 0.3 is 5.97 Å². The molecule has 31 heavy (non-hydrogen) atoms. The van der Waals surface area contributed by atoms with Crippen LogP contribution in [0.5, 0.6) is 0 Å². The van der Waals surface area contributed by atoms with Crippen LogP contribution in [0.25, 0.3) is 0 Å². The van der Waals surface area contributed by atoms with Crippen LogP contribution in [0.1, 0.15) is 60.8 Å². The highest BCUT2D eigenvalue weighted by molar-refractivity contribution is 7.10. The molecule has 0 saturated carbocycles. The van der Waals surface area contributed by atoms with E-state index in [1.165, 1.54) is 11.3 Å². The van der Waals surface area contributed by atoms with E-state index >= 15 is 0 Å². The highest BCUT2D eigenvalue weighted by Crippen LogP contribution is 2.42. The minimum absolute atomic E-state index is 0.00443. The van der Waals surface area contributed by atoms with Crippen molar-refractivity contribution in [1.82, 2.24) is 10.1 Å². The fraction of sp³-hybridized carbons (Fsp3) is 0.391. The van der Waals surface area contributed by atoms with Crippen molar-refractivity contribution in [3.8, 4) is 0 Å². The molecule has 4 rings (SSSR count). The SMILES string of the molecule is Cc1ccc(N2C(=O)CCC(C(=O)OCc3nc(C(C)C)no3)C2c2cccs2)cc1. The number of aromatic nitrogens is 2. The number of carbonyl (C=O) groups is 2. The molecule has 1 aliphatic rings. The number of hydrogen-bond acceptors (Lipinski definition) is 7. The average Bonchev–Trinajstić information content (AvgIpc) is 3.45. The molecule has 3 aromatic rings. The molecule has 2 atom stereocenters. The number of amides is 1. The third-order valence-corrected chi connectivity index (χ3v) is 6.33. The Kier molecular flexibility index (Phi) is 6.18. The number of hydrogen-bond donors (Lipinski definition) is 0. The van der Waals surface area contributed by atoms with Crippen molar-refractivity contribution in [2.45, 2.75) is 52.2 Å². The number of aryl methyl sites for hydroxylation is 1. The lowest BCUT2D eigenvalue weighted by Crippen LogP contribution is -2.45. The Bertz CT molecular complexity index is 1040. The predicted molar refractivity (Wildman–Crippen MR) is 117 cm³/mol. The third kappa shape index (κ3) is 4.54. The lowest BCUT2D eigenvalue weighted by atomic mass is 9.87. The maximum Gasteiger partial charge on any atom is 0.311 e. The summed E-state index contributed by atoms with van der Waals surface area (Å²) in [7, 11) is 0. The second kappa shape index (κ2) is 9.01. The number of nitrogens with zero attached hydrogens (tertiary/aromatic N) is 3. The van der Waals surface area contributed by atoms with E-state index in [9.17, 15) is 9.59 Å². The van der Waals surface area contributed by atoms with E-state index in [2.05, 4.69) is 10.1 Å². The summed E-state index contributed by atoms with van der Waals surface area (Å²) in [6.07, 6.45) is 0.719. The molecular weight excluding hydrogens is 414 g/mol. The molecule has 0 bridgehead atoms. The van der Waals surface area contributed by atoms with Crippen molar-refractivity contribution in [3.63, 3.8) is 0 Å². The van der Waals surface area contributed by atoms with E-state index in [-0.39, 0.29) is 36.7 Å². The quantitative estimate of drug-likeness (QED) is 0.513. The van der Waals surface area contributed by atoms with Gasteiger partial charge in [0.15, 0.2) is 12.4 Å². The second-order valence-corrected chi connectivity index (χ2v) is 8.99. The lowest BCUT2D eigenvalue weighted by Gasteiger charge is -2.39. The number of benzene rings is 1. The molecule has 162 valence electrons. The molecule has 1 aromatic carbocycles. The van der Waals surface area contributed by atoms with E-state index in [1.807, 2.05) is 62.5 Å². The van der Waals surface area contributed by atoms with E-state index in [4.69, 9.17) is 9.26 Å². The first kappa shape index (κ1) is 21.2. The van der Waals surface area contributed by atoms with Crippen LogP contribution in [-0.4, -0.2) is 22.0 Å². The molecule has 1 fully saturated rings. The number of rotatable bonds is 6. The number of thiophene rings is 1. The first-order valence-electron chi connectivity index (χ1n) is 10.3. The maximum atomic E-state index is 13.1. The Morgan fingerprint density at radius 1 is 1.29 bits per heavy atom. The molecule has 0 radical (unpaired) electrons. The Morgan fingerprint density at radius 3 is 2.71 bits per heavy atom. The Balaban J connectivity index is 1.58. The number of esters is 1. The zero-order valence-electron chi connectivity index (χ0n) is 17.8. The molecule has 1 aliphatic heterocycles. The molecular formula is C23H25N3O4S. The van der Waals surface area contributed by atoms with Crippen molar-refractivity contribution < 1.29 is 18.8 Å². The monoisotopic (exact) mass is 439 g/mol. The third-order valence-electron chi connectivity index (χ3n) is 5.38. The molecule has 0 N–H and O–H groups in total. The summed E-state index contributed by atoms with van der Waals surface area (Å²) in [5.74, 6) is 0.134. The van der Waals surface area contributed by atoms with Crippen LogP contribution in [0.4, 0.5) is 5.69 Å². The molecule has 0 aliphatic carbocycles. The van der Waals surface area contributed by atoms with Gasteiger partial charge in [-0.3, -0.25) is 9.59 Å². The van der Waals surface area contributed by atoms with E-state index < -0.39 is 12.0 Å². The maximum absolute atomic E-state index is 13.1. The molecule has 3 heterocycles. The van der Waals surface area contributed by atoms with Crippen molar-refractivity contribution >= 4 is 28.9 Å². The summed E-state index contributed by atoms with van der Waals surface area (Å²) < 4.78 is 10.7. The summed E-state index contributed by atoms with van der Waals surface area (Å²) in [4.78, 5) is 33.0. The zero-order chi connectivity index (χ0) is 22.0. The Labute approximate surface area is 185 Å². The molecule has 1 saturated heterocycles. The first-order chi connectivity index (χ1) is 14.9. The largest absolute Gasteiger partial charge is 0.455 e. The van der Waals surface area contributed by atoms with Crippen LogP contribution < -0.4 is 4.90 Å². The van der Waals surface area contributed by atoms with Crippen LogP contribution in [0.15, 0.2) is 46.3 Å². The fourth-order valence-corrected chi connectivity index (χ4v) is 4.62. The van der Waals surface area contributed by atoms with Gasteiger partial charge in [-0.05, 0) is 36.9 Å². The van der Waals surface area contributed by atoms with Crippen molar-refractivity contribution in [2.24, 2.45) is 5.92 Å². The van der Waals surface area contributed by atoms with Crippen LogP contribution in [0, 0.1) is 12.8 Å². The van der Waals surface area contributed by atoms with Crippen molar-refractivity contribution in [3.05, 3.63) is 63.9 Å². The highest BCUT2D eigenvalue weighted by Gasteiger charge is 2.43. The molecule has 2 aromatic heterocycles. The minimum atomic E-state index is -0.481. The summed E-state index contributed by atoms with van der Waals surface area (Å²) in [6, 6.07) is 11.3. The van der Waals surface area contributed by atoms with Gasteiger partial charge in [0.2, 0.25) is 5.91 Å². The Hall–Kier alpha value is -3.00. The summed E-state index contributed by atoms with van der Waals surface area (Å²) in [5, 5.41) is 5.86. The molecule has 7 nitrogen and oxygen atoms in total. The van der Waals surface area contributed by atoms with Crippen LogP contribution in [0.2, 0.25) is 0 Å². The Morgan fingerprint density at radius 2 is 2.06 bits per heavy atom. The van der Waals surface area contributed by atoms with E-state index in [0.29, 0.717) is 12.2 Å². The van der Waals surface area contributed by atoms with Gasteiger partial charge in [0.05, 0.1) is 12.0 Å². The lowest BCUT2D eigenvalue weighted by molar-refractivity contribution is -0.153. The van der Waals surface area contributed by atoms with Crippen molar-refractivity contribution in [1.29, 1.82) is 0 Å². The van der Waals surface area contributed by atoms with Gasteiger partial charge in [0.25, 0.3) is 5.89 Å². The van der Waals surface area contributed by atoms with Gasteiger partial charge < -0.3 is 14.2 Å². The van der Waals surface area contributed by atoms with Gasteiger partial charge in [-0.2, -0.15) is 4.98 Å². The molecule has 8 heteroatoms. The van der Waals surface area contributed by atoms with E-state index in [1.54, 1.807) is 4.90 Å². The van der Waals surface area contributed by atoms with Gasteiger partial charge in [-0.1, -0.05) is 42.8 Å². The second-order valence-electron chi connectivity index (χ2n) is 8.01. The minimum Gasteiger partial charge on any atom is -0.455 e. The van der Waals surface area contributed by atoms with Crippen LogP contribution >= 0.6 is 11.3 Å². The van der Waals surface area contributed by atoms with Gasteiger partial charge in [0.1, 0.15) is 0 Å². The van der Waals surface area contributed by atoms with Crippen LogP contribution in [0.3, 0.4) is 0 Å².